The first kappa shape index (κ1) is 10.7. The van der Waals surface area contributed by atoms with Gasteiger partial charge in [-0.1, -0.05) is 13.8 Å². The smallest absolute Gasteiger partial charge is 0.227 e. The largest absolute Gasteiger partial charge is 0.368 e. The van der Waals surface area contributed by atoms with Crippen molar-refractivity contribution in [2.75, 3.05) is 11.1 Å². The van der Waals surface area contributed by atoms with Gasteiger partial charge < -0.3 is 11.1 Å². The lowest BCUT2D eigenvalue weighted by Crippen LogP contribution is -2.19. The van der Waals surface area contributed by atoms with Gasteiger partial charge in [-0.2, -0.15) is 15.0 Å². The second-order valence-corrected chi connectivity index (χ2v) is 3.22. The second-order valence-electron chi connectivity index (χ2n) is 3.22. The molecule has 0 aliphatic carbocycles. The Kier molecular flexibility index (Phi) is 3.62. The zero-order valence-electron chi connectivity index (χ0n) is 8.91. The highest BCUT2D eigenvalue weighted by Crippen LogP contribution is 2.07. The summed E-state index contributed by atoms with van der Waals surface area (Å²) < 4.78 is 0. The van der Waals surface area contributed by atoms with Crippen molar-refractivity contribution >= 4 is 11.9 Å². The van der Waals surface area contributed by atoms with E-state index < -0.39 is 0 Å². The summed E-state index contributed by atoms with van der Waals surface area (Å²) in [5.41, 5.74) is 5.52. The number of aromatic nitrogens is 3. The van der Waals surface area contributed by atoms with Crippen molar-refractivity contribution in [2.45, 2.75) is 39.7 Å². The van der Waals surface area contributed by atoms with Gasteiger partial charge in [-0.15, -0.1) is 0 Å². The molecule has 0 aliphatic rings. The van der Waals surface area contributed by atoms with Crippen LogP contribution in [0.15, 0.2) is 0 Å². The van der Waals surface area contributed by atoms with Crippen molar-refractivity contribution in [3.05, 3.63) is 5.82 Å². The molecule has 0 saturated carbocycles. The molecule has 14 heavy (non-hydrogen) atoms. The first-order valence-corrected chi connectivity index (χ1v) is 4.90. The molecule has 5 heteroatoms. The van der Waals surface area contributed by atoms with Gasteiger partial charge in [0.2, 0.25) is 11.9 Å². The lowest BCUT2D eigenvalue weighted by Gasteiger charge is -2.14. The summed E-state index contributed by atoms with van der Waals surface area (Å²) >= 11 is 0. The number of nitrogens with two attached hydrogens (primary N) is 1. The molecule has 0 saturated heterocycles. The fraction of sp³-hybridized carbons (Fsp3) is 0.667. The molecule has 78 valence electrons. The molecule has 1 heterocycles. The molecule has 1 aromatic rings. The molecular weight excluding hydrogens is 178 g/mol. The Morgan fingerprint density at radius 2 is 1.86 bits per heavy atom. The summed E-state index contributed by atoms with van der Waals surface area (Å²) in [5, 5.41) is 3.22. The number of nitrogens with zero attached hydrogens (tertiary/aromatic N) is 3. The van der Waals surface area contributed by atoms with Crippen LogP contribution in [0.5, 0.6) is 0 Å². The van der Waals surface area contributed by atoms with E-state index >= 15 is 0 Å². The summed E-state index contributed by atoms with van der Waals surface area (Å²) in [6.07, 6.45) is 2.09. The minimum Gasteiger partial charge on any atom is -0.368 e. The molecule has 0 radical (unpaired) electrons. The van der Waals surface area contributed by atoms with Crippen molar-refractivity contribution in [2.24, 2.45) is 0 Å². The van der Waals surface area contributed by atoms with Gasteiger partial charge in [-0.3, -0.25) is 0 Å². The van der Waals surface area contributed by atoms with Gasteiger partial charge in [-0.25, -0.2) is 0 Å². The van der Waals surface area contributed by atoms with Crippen LogP contribution in [0, 0.1) is 6.92 Å². The Morgan fingerprint density at radius 3 is 2.36 bits per heavy atom. The van der Waals surface area contributed by atoms with Gasteiger partial charge in [0.25, 0.3) is 0 Å². The molecule has 0 atom stereocenters. The molecular formula is C9H17N5. The van der Waals surface area contributed by atoms with Gasteiger partial charge in [0.1, 0.15) is 5.82 Å². The average molecular weight is 195 g/mol. The molecule has 0 amide bonds. The number of rotatable bonds is 4. The quantitative estimate of drug-likeness (QED) is 0.758. The van der Waals surface area contributed by atoms with Gasteiger partial charge >= 0.3 is 0 Å². The van der Waals surface area contributed by atoms with E-state index in [0.717, 1.165) is 12.8 Å². The van der Waals surface area contributed by atoms with E-state index in [2.05, 4.69) is 34.1 Å². The van der Waals surface area contributed by atoms with E-state index in [-0.39, 0.29) is 5.95 Å². The number of hydrogen-bond donors (Lipinski definition) is 2. The van der Waals surface area contributed by atoms with Crippen molar-refractivity contribution in [1.29, 1.82) is 0 Å². The maximum atomic E-state index is 5.52. The van der Waals surface area contributed by atoms with Crippen LogP contribution in [-0.4, -0.2) is 21.0 Å². The monoisotopic (exact) mass is 195 g/mol. The molecule has 0 fully saturated rings. The fourth-order valence-electron chi connectivity index (χ4n) is 1.24. The lowest BCUT2D eigenvalue weighted by molar-refractivity contribution is 0.663. The molecule has 0 spiro atoms. The topological polar surface area (TPSA) is 76.7 Å². The SMILES string of the molecule is CCC(CC)Nc1nc(C)nc(N)n1. The van der Waals surface area contributed by atoms with E-state index in [4.69, 9.17) is 5.73 Å². The van der Waals surface area contributed by atoms with Gasteiger partial charge in [-0.05, 0) is 19.8 Å². The van der Waals surface area contributed by atoms with E-state index in [9.17, 15) is 0 Å². The second kappa shape index (κ2) is 4.74. The highest BCUT2D eigenvalue weighted by atomic mass is 15.2. The van der Waals surface area contributed by atoms with E-state index in [1.165, 1.54) is 0 Å². The highest BCUT2D eigenvalue weighted by Gasteiger charge is 2.06. The molecule has 0 bridgehead atoms. The van der Waals surface area contributed by atoms with E-state index in [1.54, 1.807) is 6.92 Å². The van der Waals surface area contributed by atoms with Gasteiger partial charge in [0, 0.05) is 6.04 Å². The lowest BCUT2D eigenvalue weighted by atomic mass is 10.2. The Bertz CT molecular complexity index is 275. The minimum absolute atomic E-state index is 0.269. The zero-order chi connectivity index (χ0) is 10.6. The van der Waals surface area contributed by atoms with Crippen LogP contribution in [0.3, 0.4) is 0 Å². The molecule has 1 aromatic heterocycles. The molecule has 3 N–H and O–H groups in total. The third-order valence-electron chi connectivity index (χ3n) is 2.08. The number of nitrogen functional groups attached to an aromatic ring is 1. The number of anilines is 2. The average Bonchev–Trinajstić information content (AvgIpc) is 2.12. The maximum absolute atomic E-state index is 5.52. The van der Waals surface area contributed by atoms with E-state index in [0.29, 0.717) is 17.8 Å². The Balaban J connectivity index is 2.75. The van der Waals surface area contributed by atoms with Crippen LogP contribution in [0.2, 0.25) is 0 Å². The number of nitrogens with one attached hydrogen (secondary N) is 1. The normalized spacial score (nSPS) is 10.6. The Labute approximate surface area is 84.2 Å². The van der Waals surface area contributed by atoms with Crippen LogP contribution >= 0.6 is 0 Å². The molecule has 0 unspecified atom stereocenters. The first-order chi connectivity index (χ1) is 6.65. The van der Waals surface area contributed by atoms with Gasteiger partial charge in [0.05, 0.1) is 0 Å². The Hall–Kier alpha value is -1.39. The van der Waals surface area contributed by atoms with Crippen LogP contribution in [0.4, 0.5) is 11.9 Å². The van der Waals surface area contributed by atoms with Crippen LogP contribution in [0.25, 0.3) is 0 Å². The third-order valence-corrected chi connectivity index (χ3v) is 2.08. The van der Waals surface area contributed by atoms with Crippen LogP contribution in [-0.2, 0) is 0 Å². The predicted octanol–water partition coefficient (Wildman–Crippen LogP) is 1.36. The molecule has 1 rings (SSSR count). The van der Waals surface area contributed by atoms with E-state index in [1.807, 2.05) is 0 Å². The van der Waals surface area contributed by atoms with Crippen molar-refractivity contribution in [3.63, 3.8) is 0 Å². The van der Waals surface area contributed by atoms with Crippen molar-refractivity contribution < 1.29 is 0 Å². The first-order valence-electron chi connectivity index (χ1n) is 4.90. The molecule has 0 aliphatic heterocycles. The fourth-order valence-corrected chi connectivity index (χ4v) is 1.24. The highest BCUT2D eigenvalue weighted by molar-refractivity contribution is 5.31. The standard InChI is InChI=1S/C9H17N5/c1-4-7(5-2)13-9-12-6(3)11-8(10)14-9/h7H,4-5H2,1-3H3,(H3,10,11,12,13,14). The van der Waals surface area contributed by atoms with Gasteiger partial charge in [0.15, 0.2) is 0 Å². The third kappa shape index (κ3) is 2.83. The molecule has 5 nitrogen and oxygen atoms in total. The summed E-state index contributed by atoms with van der Waals surface area (Å²) in [4.78, 5) is 12.1. The van der Waals surface area contributed by atoms with Crippen molar-refractivity contribution in [1.82, 2.24) is 15.0 Å². The minimum atomic E-state index is 0.269. The van der Waals surface area contributed by atoms with Crippen LogP contribution < -0.4 is 11.1 Å². The summed E-state index contributed by atoms with van der Waals surface area (Å²) in [6, 6.07) is 0.399. The summed E-state index contributed by atoms with van der Waals surface area (Å²) in [6.45, 7) is 6.05. The van der Waals surface area contributed by atoms with Crippen molar-refractivity contribution in [3.8, 4) is 0 Å². The molecule has 0 aromatic carbocycles. The van der Waals surface area contributed by atoms with Crippen LogP contribution in [0.1, 0.15) is 32.5 Å². The summed E-state index contributed by atoms with van der Waals surface area (Å²) in [7, 11) is 0. The zero-order valence-corrected chi connectivity index (χ0v) is 8.91. The number of aryl methyl sites for hydroxylation is 1. The Morgan fingerprint density at radius 1 is 1.21 bits per heavy atom. The summed E-state index contributed by atoms with van der Waals surface area (Å²) in [5.74, 6) is 1.49. The number of hydrogen-bond acceptors (Lipinski definition) is 5. The predicted molar refractivity (Wildman–Crippen MR) is 57.0 cm³/mol. The maximum Gasteiger partial charge on any atom is 0.227 e.